The third-order valence-electron chi connectivity index (χ3n) is 1.70. The van der Waals surface area contributed by atoms with E-state index in [9.17, 15) is 14.0 Å². The first-order valence-corrected chi connectivity index (χ1v) is 4.43. The fourth-order valence-corrected chi connectivity index (χ4v) is 1.25. The van der Waals surface area contributed by atoms with Gasteiger partial charge in [0.25, 0.3) is 0 Å². The Bertz CT molecular complexity index is 461. The van der Waals surface area contributed by atoms with Crippen LogP contribution in [-0.2, 0) is 4.79 Å². The van der Waals surface area contributed by atoms with Gasteiger partial charge in [0.05, 0.1) is 10.6 Å². The Balaban J connectivity index is 3.16. The zero-order chi connectivity index (χ0) is 12.3. The van der Waals surface area contributed by atoms with Crippen LogP contribution in [0.25, 0.3) is 0 Å². The smallest absolute Gasteiger partial charge is 0.371 e. The molecule has 6 heteroatoms. The summed E-state index contributed by atoms with van der Waals surface area (Å²) in [5.74, 6) is -4.75. The van der Waals surface area contributed by atoms with Crippen LogP contribution in [-0.4, -0.2) is 22.0 Å². The zero-order valence-electron chi connectivity index (χ0n) is 7.78. The summed E-state index contributed by atoms with van der Waals surface area (Å²) in [6.45, 7) is 0. The van der Waals surface area contributed by atoms with E-state index in [1.165, 1.54) is 12.1 Å². The molecule has 0 saturated carbocycles. The number of carboxylic acid groups (broad SMARTS) is 1. The summed E-state index contributed by atoms with van der Waals surface area (Å²) in [5, 5.41) is 17.0. The lowest BCUT2D eigenvalue weighted by Crippen LogP contribution is -2.06. The summed E-state index contributed by atoms with van der Waals surface area (Å²) >= 11 is 5.57. The minimum atomic E-state index is -1.68. The predicted molar refractivity (Wildman–Crippen MR) is 54.1 cm³/mol. The van der Waals surface area contributed by atoms with Crippen molar-refractivity contribution < 1.29 is 24.2 Å². The van der Waals surface area contributed by atoms with Crippen molar-refractivity contribution in [2.24, 2.45) is 0 Å². The summed E-state index contributed by atoms with van der Waals surface area (Å²) in [7, 11) is 0. The van der Waals surface area contributed by atoms with Gasteiger partial charge in [-0.1, -0.05) is 17.7 Å². The molecule has 1 rings (SSSR count). The van der Waals surface area contributed by atoms with E-state index in [1.54, 1.807) is 0 Å². The number of halogens is 2. The summed E-state index contributed by atoms with van der Waals surface area (Å²) in [6, 6.07) is 3.59. The van der Waals surface area contributed by atoms with Crippen LogP contribution >= 0.6 is 11.6 Å². The molecule has 4 nitrogen and oxygen atoms in total. The SMILES string of the molecule is O=C(O)C(O)=CC(=O)c1c(F)cccc1Cl. The fraction of sp³-hybridized carbons (Fsp3) is 0. The maximum Gasteiger partial charge on any atom is 0.371 e. The number of hydrogen-bond acceptors (Lipinski definition) is 3. The van der Waals surface area contributed by atoms with Crippen molar-refractivity contribution >= 4 is 23.4 Å². The number of hydrogen-bond donors (Lipinski definition) is 2. The van der Waals surface area contributed by atoms with Gasteiger partial charge in [-0.3, -0.25) is 4.79 Å². The standard InChI is InChI=1S/C10H6ClFO4/c11-5-2-1-3-6(12)9(5)7(13)4-8(14)10(15)16/h1-4,14H,(H,15,16). The van der Waals surface area contributed by atoms with Crippen molar-refractivity contribution in [2.75, 3.05) is 0 Å². The van der Waals surface area contributed by atoms with Gasteiger partial charge >= 0.3 is 5.97 Å². The minimum Gasteiger partial charge on any atom is -0.502 e. The quantitative estimate of drug-likeness (QED) is 0.486. The van der Waals surface area contributed by atoms with E-state index in [2.05, 4.69) is 0 Å². The number of aliphatic carboxylic acids is 1. The Hall–Kier alpha value is -1.88. The van der Waals surface area contributed by atoms with E-state index < -0.39 is 28.9 Å². The fourth-order valence-electron chi connectivity index (χ4n) is 0.991. The third kappa shape index (κ3) is 2.58. The third-order valence-corrected chi connectivity index (χ3v) is 2.01. The van der Waals surface area contributed by atoms with Gasteiger partial charge in [-0.05, 0) is 12.1 Å². The Morgan fingerprint density at radius 1 is 1.31 bits per heavy atom. The second kappa shape index (κ2) is 4.76. The number of carboxylic acids is 1. The largest absolute Gasteiger partial charge is 0.502 e. The van der Waals surface area contributed by atoms with Gasteiger partial charge < -0.3 is 10.2 Å². The Morgan fingerprint density at radius 3 is 2.44 bits per heavy atom. The van der Waals surface area contributed by atoms with E-state index in [4.69, 9.17) is 21.8 Å². The maximum absolute atomic E-state index is 13.2. The lowest BCUT2D eigenvalue weighted by molar-refractivity contribution is -0.135. The van der Waals surface area contributed by atoms with Crippen LogP contribution in [0.5, 0.6) is 0 Å². The molecular formula is C10H6ClFO4. The zero-order valence-corrected chi connectivity index (χ0v) is 8.53. The average Bonchev–Trinajstić information content (AvgIpc) is 2.16. The average molecular weight is 245 g/mol. The van der Waals surface area contributed by atoms with Gasteiger partial charge in [0, 0.05) is 6.08 Å². The van der Waals surface area contributed by atoms with Crippen LogP contribution in [0.15, 0.2) is 30.0 Å². The number of benzene rings is 1. The first-order chi connectivity index (χ1) is 7.43. The predicted octanol–water partition coefficient (Wildman–Crippen LogP) is 2.19. The molecule has 0 bridgehead atoms. The lowest BCUT2D eigenvalue weighted by Gasteiger charge is -2.01. The van der Waals surface area contributed by atoms with Crippen molar-refractivity contribution in [1.29, 1.82) is 0 Å². The minimum absolute atomic E-state index is 0.153. The molecule has 0 aliphatic heterocycles. The van der Waals surface area contributed by atoms with Gasteiger partial charge in [0.1, 0.15) is 5.82 Å². The highest BCUT2D eigenvalue weighted by Gasteiger charge is 2.16. The number of aliphatic hydroxyl groups excluding tert-OH is 1. The van der Waals surface area contributed by atoms with Crippen LogP contribution in [0.1, 0.15) is 10.4 Å². The molecule has 2 N–H and O–H groups in total. The highest BCUT2D eigenvalue weighted by molar-refractivity contribution is 6.34. The number of rotatable bonds is 3. The Labute approximate surface area is 94.6 Å². The Kier molecular flexibility index (Phi) is 3.63. The maximum atomic E-state index is 13.2. The van der Waals surface area contributed by atoms with Crippen molar-refractivity contribution in [3.63, 3.8) is 0 Å². The van der Waals surface area contributed by atoms with Gasteiger partial charge in [-0.2, -0.15) is 0 Å². The van der Waals surface area contributed by atoms with Crippen LogP contribution in [0.3, 0.4) is 0 Å². The lowest BCUT2D eigenvalue weighted by atomic mass is 10.1. The molecule has 0 aliphatic carbocycles. The highest BCUT2D eigenvalue weighted by Crippen LogP contribution is 2.20. The summed E-state index contributed by atoms with van der Waals surface area (Å²) in [5.41, 5.74) is -0.475. The first-order valence-electron chi connectivity index (χ1n) is 4.05. The van der Waals surface area contributed by atoms with Gasteiger partial charge in [-0.25, -0.2) is 9.18 Å². The van der Waals surface area contributed by atoms with Crippen molar-refractivity contribution in [3.05, 3.63) is 46.4 Å². The highest BCUT2D eigenvalue weighted by atomic mass is 35.5. The molecule has 1 aromatic rings. The molecular weight excluding hydrogens is 239 g/mol. The normalized spacial score (nSPS) is 11.2. The molecule has 0 aromatic heterocycles. The molecule has 16 heavy (non-hydrogen) atoms. The van der Waals surface area contributed by atoms with E-state index in [-0.39, 0.29) is 5.02 Å². The van der Waals surface area contributed by atoms with Crippen LogP contribution in [0, 0.1) is 5.82 Å². The molecule has 1 aromatic carbocycles. The molecule has 0 radical (unpaired) electrons. The van der Waals surface area contributed by atoms with Gasteiger partial charge in [-0.15, -0.1) is 0 Å². The second-order valence-electron chi connectivity index (χ2n) is 2.80. The Morgan fingerprint density at radius 2 is 1.94 bits per heavy atom. The summed E-state index contributed by atoms with van der Waals surface area (Å²) in [4.78, 5) is 21.6. The molecule has 0 aliphatic rings. The monoisotopic (exact) mass is 244 g/mol. The van der Waals surface area contributed by atoms with Crippen LogP contribution in [0.2, 0.25) is 5.02 Å². The molecule has 84 valence electrons. The number of allylic oxidation sites excluding steroid dienone is 1. The van der Waals surface area contributed by atoms with E-state index in [0.29, 0.717) is 6.08 Å². The van der Waals surface area contributed by atoms with E-state index >= 15 is 0 Å². The first kappa shape index (κ1) is 12.2. The topological polar surface area (TPSA) is 74.6 Å². The van der Waals surface area contributed by atoms with Crippen molar-refractivity contribution in [1.82, 2.24) is 0 Å². The van der Waals surface area contributed by atoms with Crippen LogP contribution in [0.4, 0.5) is 4.39 Å². The summed E-state index contributed by atoms with van der Waals surface area (Å²) in [6.07, 6.45) is 0.395. The molecule has 0 amide bonds. The number of ketones is 1. The molecule has 0 atom stereocenters. The van der Waals surface area contributed by atoms with Crippen molar-refractivity contribution in [3.8, 4) is 0 Å². The molecule has 0 saturated heterocycles. The molecule has 0 spiro atoms. The van der Waals surface area contributed by atoms with Crippen LogP contribution < -0.4 is 0 Å². The van der Waals surface area contributed by atoms with Gasteiger partial charge in [0.15, 0.2) is 5.78 Å². The van der Waals surface area contributed by atoms with E-state index in [0.717, 1.165) is 6.07 Å². The number of carbonyl (C=O) groups is 2. The molecule has 0 unspecified atom stereocenters. The molecule has 0 heterocycles. The molecule has 0 fully saturated rings. The number of aliphatic hydroxyl groups is 1. The van der Waals surface area contributed by atoms with E-state index in [1.807, 2.05) is 0 Å². The number of carbonyl (C=O) groups excluding carboxylic acids is 1. The summed E-state index contributed by atoms with van der Waals surface area (Å²) < 4.78 is 13.2. The van der Waals surface area contributed by atoms with Crippen molar-refractivity contribution in [2.45, 2.75) is 0 Å². The second-order valence-corrected chi connectivity index (χ2v) is 3.20. The van der Waals surface area contributed by atoms with Gasteiger partial charge in [0.2, 0.25) is 5.76 Å².